The maximum atomic E-state index is 11.3. The van der Waals surface area contributed by atoms with Crippen LogP contribution in [0.4, 0.5) is 9.59 Å². The number of hydrogen-bond acceptors (Lipinski definition) is 10. The van der Waals surface area contributed by atoms with Crippen LogP contribution >= 0.6 is 0 Å². The lowest BCUT2D eigenvalue weighted by Crippen LogP contribution is -2.62. The van der Waals surface area contributed by atoms with Crippen LogP contribution in [0, 0.1) is 0 Å². The fraction of sp³-hybridized carbons (Fsp3) is 0.500. The number of carbonyl (C=O) groups is 2. The topological polar surface area (TPSA) is 127 Å². The van der Waals surface area contributed by atoms with Gasteiger partial charge in [0.05, 0.1) is 12.7 Å². The van der Waals surface area contributed by atoms with Crippen molar-refractivity contribution in [1.29, 1.82) is 0 Å². The molecule has 0 aliphatic carbocycles. The van der Waals surface area contributed by atoms with Crippen molar-refractivity contribution in [2.75, 3.05) is 6.61 Å². The van der Waals surface area contributed by atoms with Crippen LogP contribution in [0.5, 0.6) is 0 Å². The highest BCUT2D eigenvalue weighted by molar-refractivity contribution is 5.69. The van der Waals surface area contributed by atoms with Crippen molar-refractivity contribution in [1.82, 2.24) is 0 Å². The Morgan fingerprint density at radius 1 is 1.05 bits per heavy atom. The van der Waals surface area contributed by atoms with E-state index in [4.69, 9.17) is 23.0 Å². The molecule has 0 radical (unpaired) electrons. The summed E-state index contributed by atoms with van der Waals surface area (Å²) in [6, 6.07) is 0. The van der Waals surface area contributed by atoms with Crippen LogP contribution in [0.25, 0.3) is 0 Å². The summed E-state index contributed by atoms with van der Waals surface area (Å²) in [4.78, 5) is 32.9. The van der Waals surface area contributed by atoms with Crippen molar-refractivity contribution >= 4 is 12.3 Å². The van der Waals surface area contributed by atoms with Gasteiger partial charge in [0.1, 0.15) is 0 Å². The number of carbonyl (C=O) groups excluding carboxylic acids is 2. The molecule has 0 aromatic carbocycles. The summed E-state index contributed by atoms with van der Waals surface area (Å²) in [6.07, 6.45) is -3.22. The highest BCUT2D eigenvalue weighted by atomic mass is 17.0. The normalized spacial score (nSPS) is 26.5. The van der Waals surface area contributed by atoms with Gasteiger partial charge in [0.15, 0.2) is 5.76 Å². The van der Waals surface area contributed by atoms with Crippen LogP contribution in [-0.4, -0.2) is 31.3 Å². The molecule has 1 aromatic rings. The second-order valence-corrected chi connectivity index (χ2v) is 4.31. The second-order valence-electron chi connectivity index (χ2n) is 4.31. The molecule has 10 heteroatoms. The maximum absolute atomic E-state index is 11.3. The van der Waals surface area contributed by atoms with E-state index in [1.807, 2.05) is 0 Å². The van der Waals surface area contributed by atoms with Crippen LogP contribution in [0.3, 0.4) is 0 Å². The van der Waals surface area contributed by atoms with Crippen LogP contribution in [0.1, 0.15) is 11.5 Å². The lowest BCUT2D eigenvalue weighted by Gasteiger charge is -2.43. The van der Waals surface area contributed by atoms with E-state index in [1.165, 1.54) is 0 Å². The summed E-state index contributed by atoms with van der Waals surface area (Å²) in [7, 11) is 0. The highest BCUT2D eigenvalue weighted by Gasteiger charge is 2.68. The Labute approximate surface area is 109 Å². The molecule has 4 heterocycles. The van der Waals surface area contributed by atoms with E-state index >= 15 is 0 Å². The standard InChI is InChI=1S/C10H6O10/c11-7-15-4(1-3-2-14-3)5(16-7)10(19-9(13)20-10)6-17-8(12)18-6/h3,6H,1-2H2. The molecule has 0 bridgehead atoms. The van der Waals surface area contributed by atoms with E-state index in [0.717, 1.165) is 0 Å². The summed E-state index contributed by atoms with van der Waals surface area (Å²) < 4.78 is 33.6. The van der Waals surface area contributed by atoms with Crippen molar-refractivity contribution < 1.29 is 42.1 Å². The monoisotopic (exact) mass is 286 g/mol. The molecule has 3 saturated heterocycles. The maximum Gasteiger partial charge on any atom is 0.519 e. The zero-order chi connectivity index (χ0) is 13.9. The lowest BCUT2D eigenvalue weighted by atomic mass is 10.1. The Balaban J connectivity index is 1.70. The first kappa shape index (κ1) is 11.3. The van der Waals surface area contributed by atoms with E-state index in [2.05, 4.69) is 9.47 Å². The van der Waals surface area contributed by atoms with Crippen molar-refractivity contribution in [3.8, 4) is 0 Å². The van der Waals surface area contributed by atoms with Crippen molar-refractivity contribution in [3.05, 3.63) is 22.1 Å². The molecule has 0 spiro atoms. The van der Waals surface area contributed by atoms with Crippen LogP contribution in [0.2, 0.25) is 0 Å². The van der Waals surface area contributed by atoms with E-state index < -0.39 is 30.2 Å². The molecule has 3 aliphatic heterocycles. The zero-order valence-electron chi connectivity index (χ0n) is 9.65. The van der Waals surface area contributed by atoms with Crippen LogP contribution < -0.4 is 5.82 Å². The van der Waals surface area contributed by atoms with Crippen molar-refractivity contribution in [2.45, 2.75) is 24.6 Å². The third kappa shape index (κ3) is 1.51. The molecule has 3 fully saturated rings. The van der Waals surface area contributed by atoms with Crippen LogP contribution in [-0.2, 0) is 35.9 Å². The number of ether oxygens (including phenoxy) is 5. The Bertz CT molecular complexity index is 633. The molecular formula is C10H6O10. The van der Waals surface area contributed by atoms with E-state index in [-0.39, 0.29) is 24.0 Å². The minimum absolute atomic E-state index is 0.0801. The summed E-state index contributed by atoms with van der Waals surface area (Å²) in [6.45, 7) is 0.511. The number of epoxide rings is 1. The van der Waals surface area contributed by atoms with Crippen molar-refractivity contribution in [2.24, 2.45) is 0 Å². The largest absolute Gasteiger partial charge is 0.519 e. The lowest BCUT2D eigenvalue weighted by molar-refractivity contribution is -0.401. The average molecular weight is 286 g/mol. The predicted molar refractivity (Wildman–Crippen MR) is 51.3 cm³/mol. The Hall–Kier alpha value is -2.49. The third-order valence-electron chi connectivity index (χ3n) is 2.96. The first-order valence-corrected chi connectivity index (χ1v) is 5.61. The summed E-state index contributed by atoms with van der Waals surface area (Å²) >= 11 is 0. The number of cyclic esters (lactones) is 4. The summed E-state index contributed by atoms with van der Waals surface area (Å²) in [5.41, 5.74) is 0. The molecule has 20 heavy (non-hydrogen) atoms. The first-order valence-electron chi connectivity index (χ1n) is 5.61. The smallest absolute Gasteiger partial charge is 0.395 e. The average Bonchev–Trinajstić information content (AvgIpc) is 3.04. The van der Waals surface area contributed by atoms with Gasteiger partial charge >= 0.3 is 30.2 Å². The predicted octanol–water partition coefficient (Wildman–Crippen LogP) is -0.0134. The molecule has 0 amide bonds. The van der Waals surface area contributed by atoms with Gasteiger partial charge in [0.2, 0.25) is 5.76 Å². The van der Waals surface area contributed by atoms with Gasteiger partial charge in [-0.05, 0) is 0 Å². The Kier molecular flexibility index (Phi) is 2.01. The van der Waals surface area contributed by atoms with Gasteiger partial charge in [0.25, 0.3) is 0 Å². The van der Waals surface area contributed by atoms with Gasteiger partial charge in [-0.25, -0.2) is 14.4 Å². The summed E-state index contributed by atoms with van der Waals surface area (Å²) in [5, 5.41) is 0. The van der Waals surface area contributed by atoms with E-state index in [9.17, 15) is 14.4 Å². The molecule has 1 aromatic heterocycles. The molecular weight excluding hydrogens is 280 g/mol. The molecule has 1 atom stereocenters. The Morgan fingerprint density at radius 2 is 1.75 bits per heavy atom. The Morgan fingerprint density at radius 3 is 2.30 bits per heavy atom. The van der Waals surface area contributed by atoms with Gasteiger partial charge < -0.3 is 32.5 Å². The minimum atomic E-state index is -1.94. The minimum Gasteiger partial charge on any atom is -0.395 e. The molecule has 4 rings (SSSR count). The molecule has 0 saturated carbocycles. The van der Waals surface area contributed by atoms with Crippen molar-refractivity contribution in [3.63, 3.8) is 0 Å². The quantitative estimate of drug-likeness (QED) is 0.550. The SMILES string of the molecule is O=C1OC(C2(c3oc(=O)oc3CC3CO3)OC(=O)O2)O1. The molecule has 1 unspecified atom stereocenters. The van der Waals surface area contributed by atoms with Gasteiger partial charge in [-0.1, -0.05) is 0 Å². The first-order chi connectivity index (χ1) is 9.57. The molecule has 3 aliphatic rings. The van der Waals surface area contributed by atoms with Gasteiger partial charge in [-0.3, -0.25) is 0 Å². The van der Waals surface area contributed by atoms with Crippen LogP contribution in [0.15, 0.2) is 13.6 Å². The van der Waals surface area contributed by atoms with Gasteiger partial charge in [0, 0.05) is 6.42 Å². The third-order valence-corrected chi connectivity index (χ3v) is 2.96. The zero-order valence-corrected chi connectivity index (χ0v) is 9.65. The molecule has 106 valence electrons. The molecule has 0 N–H and O–H groups in total. The highest BCUT2D eigenvalue weighted by Crippen LogP contribution is 2.45. The number of hydrogen-bond donors (Lipinski definition) is 0. The van der Waals surface area contributed by atoms with Gasteiger partial charge in [-0.2, -0.15) is 0 Å². The second kappa shape index (κ2) is 3.54. The fourth-order valence-electron chi connectivity index (χ4n) is 1.99. The van der Waals surface area contributed by atoms with E-state index in [1.54, 1.807) is 0 Å². The summed E-state index contributed by atoms with van der Waals surface area (Å²) in [5.74, 6) is -3.08. The fourth-order valence-corrected chi connectivity index (χ4v) is 1.99. The van der Waals surface area contributed by atoms with E-state index in [0.29, 0.717) is 6.61 Å². The van der Waals surface area contributed by atoms with Gasteiger partial charge in [-0.15, -0.1) is 0 Å². The molecule has 10 nitrogen and oxygen atoms in total. The number of rotatable bonds is 4.